The first-order valence-electron chi connectivity index (χ1n) is 5.82. The van der Waals surface area contributed by atoms with Gasteiger partial charge in [-0.3, -0.25) is 0 Å². The molecule has 5 heteroatoms. The summed E-state index contributed by atoms with van der Waals surface area (Å²) in [6, 6.07) is 9.87. The minimum Gasteiger partial charge on any atom is -0.362 e. The highest BCUT2D eigenvalue weighted by Gasteiger charge is 2.00. The average Bonchev–Trinajstić information content (AvgIpc) is 2.76. The number of aromatic nitrogens is 2. The molecule has 2 aromatic rings. The number of hydrogen-bond acceptors (Lipinski definition) is 2. The SMILES string of the molecule is Cn1ccnc1CCNC(=S)Nc1ccccc1. The lowest BCUT2D eigenvalue weighted by Crippen LogP contribution is -2.30. The maximum absolute atomic E-state index is 5.21. The summed E-state index contributed by atoms with van der Waals surface area (Å²) in [4.78, 5) is 4.26. The number of nitrogens with zero attached hydrogens (tertiary/aromatic N) is 2. The zero-order valence-electron chi connectivity index (χ0n) is 10.3. The second-order valence-corrected chi connectivity index (χ2v) is 4.36. The molecule has 2 N–H and O–H groups in total. The van der Waals surface area contributed by atoms with Crippen LogP contribution in [0, 0.1) is 0 Å². The zero-order chi connectivity index (χ0) is 12.8. The van der Waals surface area contributed by atoms with Crippen LogP contribution in [0.25, 0.3) is 0 Å². The second-order valence-electron chi connectivity index (χ2n) is 3.95. The first-order chi connectivity index (χ1) is 8.75. The van der Waals surface area contributed by atoms with Gasteiger partial charge in [0.05, 0.1) is 0 Å². The molecule has 0 spiro atoms. The fraction of sp³-hybridized carbons (Fsp3) is 0.231. The van der Waals surface area contributed by atoms with Crippen molar-refractivity contribution in [3.8, 4) is 0 Å². The normalized spacial score (nSPS) is 10.1. The lowest BCUT2D eigenvalue weighted by atomic mass is 10.3. The van der Waals surface area contributed by atoms with Gasteiger partial charge in [0.25, 0.3) is 0 Å². The van der Waals surface area contributed by atoms with E-state index in [1.165, 1.54) is 0 Å². The molecule has 0 atom stereocenters. The van der Waals surface area contributed by atoms with E-state index in [2.05, 4.69) is 15.6 Å². The molecule has 0 aliphatic carbocycles. The molecular weight excluding hydrogens is 244 g/mol. The lowest BCUT2D eigenvalue weighted by molar-refractivity contribution is 0.751. The summed E-state index contributed by atoms with van der Waals surface area (Å²) in [6.45, 7) is 0.767. The highest BCUT2D eigenvalue weighted by molar-refractivity contribution is 7.80. The maximum atomic E-state index is 5.21. The summed E-state index contributed by atoms with van der Waals surface area (Å²) >= 11 is 5.21. The molecule has 0 bridgehead atoms. The Kier molecular flexibility index (Phi) is 4.30. The zero-order valence-corrected chi connectivity index (χ0v) is 11.1. The number of anilines is 1. The largest absolute Gasteiger partial charge is 0.362 e. The van der Waals surface area contributed by atoms with Crippen molar-refractivity contribution in [2.24, 2.45) is 7.05 Å². The Morgan fingerprint density at radius 1 is 1.33 bits per heavy atom. The molecule has 1 aromatic carbocycles. The van der Waals surface area contributed by atoms with Crippen molar-refractivity contribution in [2.45, 2.75) is 6.42 Å². The van der Waals surface area contributed by atoms with Gasteiger partial charge in [0, 0.05) is 38.1 Å². The van der Waals surface area contributed by atoms with E-state index < -0.39 is 0 Å². The van der Waals surface area contributed by atoms with E-state index in [1.807, 2.05) is 48.1 Å². The first kappa shape index (κ1) is 12.6. The molecule has 1 aromatic heterocycles. The van der Waals surface area contributed by atoms with Crippen LogP contribution in [0.2, 0.25) is 0 Å². The van der Waals surface area contributed by atoms with Gasteiger partial charge in [-0.2, -0.15) is 0 Å². The summed E-state index contributed by atoms with van der Waals surface area (Å²) in [6.07, 6.45) is 4.59. The van der Waals surface area contributed by atoms with Crippen LogP contribution in [0.5, 0.6) is 0 Å². The summed E-state index contributed by atoms with van der Waals surface area (Å²) in [5.41, 5.74) is 0.993. The van der Waals surface area contributed by atoms with Gasteiger partial charge in [-0.05, 0) is 24.4 Å². The molecule has 94 valence electrons. The van der Waals surface area contributed by atoms with Crippen LogP contribution < -0.4 is 10.6 Å². The van der Waals surface area contributed by atoms with E-state index in [1.54, 1.807) is 6.20 Å². The molecule has 0 saturated carbocycles. The smallest absolute Gasteiger partial charge is 0.170 e. The molecule has 2 rings (SSSR count). The van der Waals surface area contributed by atoms with Gasteiger partial charge in [0.15, 0.2) is 5.11 Å². The van der Waals surface area contributed by atoms with E-state index in [0.29, 0.717) is 5.11 Å². The molecule has 18 heavy (non-hydrogen) atoms. The topological polar surface area (TPSA) is 41.9 Å². The summed E-state index contributed by atoms with van der Waals surface area (Å²) in [5, 5.41) is 6.93. The van der Waals surface area contributed by atoms with Crippen molar-refractivity contribution < 1.29 is 0 Å². The highest BCUT2D eigenvalue weighted by atomic mass is 32.1. The minimum atomic E-state index is 0.635. The number of para-hydroxylation sites is 1. The lowest BCUT2D eigenvalue weighted by Gasteiger charge is -2.10. The van der Waals surface area contributed by atoms with Gasteiger partial charge < -0.3 is 15.2 Å². The molecule has 0 amide bonds. The quantitative estimate of drug-likeness (QED) is 0.825. The van der Waals surface area contributed by atoms with Gasteiger partial charge in [0.1, 0.15) is 5.82 Å². The van der Waals surface area contributed by atoms with Crippen molar-refractivity contribution in [2.75, 3.05) is 11.9 Å². The van der Waals surface area contributed by atoms with Gasteiger partial charge in [-0.15, -0.1) is 0 Å². The van der Waals surface area contributed by atoms with E-state index in [0.717, 1.165) is 24.5 Å². The summed E-state index contributed by atoms with van der Waals surface area (Å²) < 4.78 is 2.01. The number of rotatable bonds is 4. The number of benzene rings is 1. The Balaban J connectivity index is 1.74. The Morgan fingerprint density at radius 3 is 2.78 bits per heavy atom. The van der Waals surface area contributed by atoms with Crippen LogP contribution in [0.1, 0.15) is 5.82 Å². The number of hydrogen-bond donors (Lipinski definition) is 2. The third kappa shape index (κ3) is 3.56. The molecule has 4 nitrogen and oxygen atoms in total. The number of aryl methyl sites for hydroxylation is 1. The Labute approximate surface area is 112 Å². The number of imidazole rings is 1. The van der Waals surface area contributed by atoms with Gasteiger partial charge in [-0.25, -0.2) is 4.98 Å². The first-order valence-corrected chi connectivity index (χ1v) is 6.22. The van der Waals surface area contributed by atoms with E-state index in [-0.39, 0.29) is 0 Å². The summed E-state index contributed by atoms with van der Waals surface area (Å²) in [5.74, 6) is 1.05. The predicted molar refractivity (Wildman–Crippen MR) is 77.6 cm³/mol. The van der Waals surface area contributed by atoms with Gasteiger partial charge in [0.2, 0.25) is 0 Å². The van der Waals surface area contributed by atoms with E-state index in [9.17, 15) is 0 Å². The third-order valence-electron chi connectivity index (χ3n) is 2.59. The Bertz CT molecular complexity index is 507. The van der Waals surface area contributed by atoms with Crippen LogP contribution in [0.4, 0.5) is 5.69 Å². The number of nitrogens with one attached hydrogen (secondary N) is 2. The Hall–Kier alpha value is -1.88. The van der Waals surface area contributed by atoms with Gasteiger partial charge >= 0.3 is 0 Å². The van der Waals surface area contributed by atoms with Crippen LogP contribution in [-0.2, 0) is 13.5 Å². The van der Waals surface area contributed by atoms with Crippen molar-refractivity contribution in [3.63, 3.8) is 0 Å². The van der Waals surface area contributed by atoms with Crippen LogP contribution >= 0.6 is 12.2 Å². The standard InChI is InChI=1S/C13H16N4S/c1-17-10-9-14-12(17)7-8-15-13(18)16-11-5-3-2-4-6-11/h2-6,9-10H,7-8H2,1H3,(H2,15,16,18). The maximum Gasteiger partial charge on any atom is 0.170 e. The van der Waals surface area contributed by atoms with Crippen molar-refractivity contribution in [3.05, 3.63) is 48.5 Å². The molecule has 0 saturated heterocycles. The Morgan fingerprint density at radius 2 is 2.11 bits per heavy atom. The fourth-order valence-corrected chi connectivity index (χ4v) is 1.84. The average molecular weight is 260 g/mol. The molecular formula is C13H16N4S. The van der Waals surface area contributed by atoms with Crippen molar-refractivity contribution >= 4 is 23.0 Å². The van der Waals surface area contributed by atoms with Gasteiger partial charge in [-0.1, -0.05) is 18.2 Å². The second kappa shape index (κ2) is 6.16. The number of thiocarbonyl (C=S) groups is 1. The highest BCUT2D eigenvalue weighted by Crippen LogP contribution is 2.04. The van der Waals surface area contributed by atoms with E-state index >= 15 is 0 Å². The van der Waals surface area contributed by atoms with Crippen molar-refractivity contribution in [1.82, 2.24) is 14.9 Å². The van der Waals surface area contributed by atoms with Crippen LogP contribution in [0.15, 0.2) is 42.7 Å². The third-order valence-corrected chi connectivity index (χ3v) is 2.83. The van der Waals surface area contributed by atoms with Crippen LogP contribution in [0.3, 0.4) is 0 Å². The molecule has 0 aliphatic heterocycles. The summed E-state index contributed by atoms with van der Waals surface area (Å²) in [7, 11) is 1.99. The monoisotopic (exact) mass is 260 g/mol. The molecule has 0 unspecified atom stereocenters. The molecule has 0 radical (unpaired) electrons. The molecule has 0 fully saturated rings. The van der Waals surface area contributed by atoms with Crippen LogP contribution in [-0.4, -0.2) is 21.2 Å². The molecule has 1 heterocycles. The minimum absolute atomic E-state index is 0.635. The molecule has 0 aliphatic rings. The van der Waals surface area contributed by atoms with E-state index in [4.69, 9.17) is 12.2 Å². The van der Waals surface area contributed by atoms with Crippen molar-refractivity contribution in [1.29, 1.82) is 0 Å². The fourth-order valence-electron chi connectivity index (χ4n) is 1.62. The predicted octanol–water partition coefficient (Wildman–Crippen LogP) is 1.95.